The molecule has 0 aromatic heterocycles. The van der Waals surface area contributed by atoms with Crippen LogP contribution in [0.15, 0.2) is 0 Å². The number of carbonyl (C=O) groups is 1. The standard InChI is InChI=1S/C9H19BN2O/c1-6(10)8(13)7(12)4-9(2,3)5-11/h6-7H,4-5,11-12H2,1-3H3. The Bertz CT molecular complexity index is 180. The second kappa shape index (κ2) is 4.77. The normalized spacial score (nSPS) is 16.7. The quantitative estimate of drug-likeness (QED) is 0.598. The lowest BCUT2D eigenvalue weighted by molar-refractivity contribution is -0.120. The minimum atomic E-state index is -0.487. The fraction of sp³-hybridized carbons (Fsp3) is 0.889. The second-order valence-corrected chi connectivity index (χ2v) is 4.37. The Morgan fingerprint density at radius 3 is 2.31 bits per heavy atom. The van der Waals surface area contributed by atoms with E-state index in [1.54, 1.807) is 6.92 Å². The molecule has 0 aliphatic rings. The van der Waals surface area contributed by atoms with E-state index in [0.29, 0.717) is 13.0 Å². The molecule has 74 valence electrons. The van der Waals surface area contributed by atoms with Crippen molar-refractivity contribution in [3.63, 3.8) is 0 Å². The average molecular weight is 182 g/mol. The van der Waals surface area contributed by atoms with Crippen molar-refractivity contribution >= 4 is 13.6 Å². The SMILES string of the molecule is [B]C(C)C(=O)C(N)CC(C)(C)CN. The fourth-order valence-corrected chi connectivity index (χ4v) is 1.12. The maximum atomic E-state index is 11.3. The Morgan fingerprint density at radius 1 is 1.54 bits per heavy atom. The summed E-state index contributed by atoms with van der Waals surface area (Å²) < 4.78 is 0. The summed E-state index contributed by atoms with van der Waals surface area (Å²) in [5, 5.41) is 0. The molecule has 0 aromatic carbocycles. The summed E-state index contributed by atoms with van der Waals surface area (Å²) in [5.74, 6) is -0.579. The molecule has 0 amide bonds. The van der Waals surface area contributed by atoms with Crippen LogP contribution in [0.5, 0.6) is 0 Å². The summed E-state index contributed by atoms with van der Waals surface area (Å²) in [6.45, 7) is 6.15. The van der Waals surface area contributed by atoms with Gasteiger partial charge in [-0.25, -0.2) is 0 Å². The van der Waals surface area contributed by atoms with Gasteiger partial charge in [0.2, 0.25) is 0 Å². The molecule has 0 aromatic rings. The maximum absolute atomic E-state index is 11.3. The first kappa shape index (κ1) is 12.7. The molecule has 0 fully saturated rings. The molecule has 2 radical (unpaired) electrons. The van der Waals surface area contributed by atoms with Gasteiger partial charge in [0.05, 0.1) is 13.9 Å². The first-order valence-electron chi connectivity index (χ1n) is 4.55. The van der Waals surface area contributed by atoms with E-state index in [1.165, 1.54) is 0 Å². The highest BCUT2D eigenvalue weighted by molar-refractivity contribution is 6.24. The summed E-state index contributed by atoms with van der Waals surface area (Å²) in [6.07, 6.45) is 0.587. The molecule has 0 bridgehead atoms. The zero-order chi connectivity index (χ0) is 10.6. The Hall–Kier alpha value is -0.345. The van der Waals surface area contributed by atoms with E-state index in [4.69, 9.17) is 19.3 Å². The third-order valence-corrected chi connectivity index (χ3v) is 2.14. The van der Waals surface area contributed by atoms with Gasteiger partial charge in [-0.3, -0.25) is 4.79 Å². The molecule has 4 heteroatoms. The summed E-state index contributed by atoms with van der Waals surface area (Å²) >= 11 is 0. The minimum absolute atomic E-state index is 0.0933. The average Bonchev–Trinajstić information content (AvgIpc) is 2.02. The van der Waals surface area contributed by atoms with Gasteiger partial charge in [-0.15, -0.1) is 0 Å². The lowest BCUT2D eigenvalue weighted by Gasteiger charge is -2.26. The number of nitrogens with two attached hydrogens (primary N) is 2. The van der Waals surface area contributed by atoms with Gasteiger partial charge in [-0.05, 0) is 24.2 Å². The van der Waals surface area contributed by atoms with Gasteiger partial charge in [-0.2, -0.15) is 0 Å². The Morgan fingerprint density at radius 2 is 2.00 bits per heavy atom. The molecule has 0 spiro atoms. The predicted octanol–water partition coefficient (Wildman–Crippen LogP) is 0.235. The van der Waals surface area contributed by atoms with Crippen LogP contribution in [0, 0.1) is 5.41 Å². The molecule has 0 saturated carbocycles. The Labute approximate surface area is 81.7 Å². The van der Waals surface area contributed by atoms with Crippen molar-refractivity contribution in [1.82, 2.24) is 0 Å². The van der Waals surface area contributed by atoms with Gasteiger partial charge in [0, 0.05) is 0 Å². The number of hydrogen-bond acceptors (Lipinski definition) is 3. The van der Waals surface area contributed by atoms with Crippen LogP contribution in [0.2, 0.25) is 5.82 Å². The van der Waals surface area contributed by atoms with Gasteiger partial charge >= 0.3 is 0 Å². The van der Waals surface area contributed by atoms with Crippen molar-refractivity contribution in [3.05, 3.63) is 0 Å². The van der Waals surface area contributed by atoms with Crippen LogP contribution in [0.3, 0.4) is 0 Å². The van der Waals surface area contributed by atoms with E-state index in [9.17, 15) is 4.79 Å². The van der Waals surface area contributed by atoms with Gasteiger partial charge < -0.3 is 11.5 Å². The molecule has 0 rings (SSSR count). The van der Waals surface area contributed by atoms with Gasteiger partial charge in [0.15, 0.2) is 0 Å². The summed E-state index contributed by atoms with van der Waals surface area (Å²) in [5.41, 5.74) is 11.1. The molecule has 0 aliphatic heterocycles. The minimum Gasteiger partial charge on any atom is -0.330 e. The molecule has 0 heterocycles. The predicted molar refractivity (Wildman–Crippen MR) is 55.6 cm³/mol. The van der Waals surface area contributed by atoms with Crippen LogP contribution in [0.4, 0.5) is 0 Å². The van der Waals surface area contributed by atoms with E-state index in [2.05, 4.69) is 0 Å². The highest BCUT2D eigenvalue weighted by Crippen LogP contribution is 2.21. The smallest absolute Gasteiger partial charge is 0.143 e. The van der Waals surface area contributed by atoms with Crippen LogP contribution in [0.1, 0.15) is 27.2 Å². The lowest BCUT2D eigenvalue weighted by Crippen LogP contribution is -2.39. The molecular weight excluding hydrogens is 163 g/mol. The maximum Gasteiger partial charge on any atom is 0.143 e. The van der Waals surface area contributed by atoms with Crippen LogP contribution in [-0.2, 0) is 4.79 Å². The monoisotopic (exact) mass is 182 g/mol. The third-order valence-electron chi connectivity index (χ3n) is 2.14. The van der Waals surface area contributed by atoms with E-state index in [0.717, 1.165) is 0 Å². The molecule has 3 nitrogen and oxygen atoms in total. The van der Waals surface area contributed by atoms with Gasteiger partial charge in [-0.1, -0.05) is 20.8 Å². The van der Waals surface area contributed by atoms with Gasteiger partial charge in [0.25, 0.3) is 0 Å². The van der Waals surface area contributed by atoms with Crippen molar-refractivity contribution in [2.75, 3.05) is 6.54 Å². The van der Waals surface area contributed by atoms with Crippen molar-refractivity contribution < 1.29 is 4.79 Å². The fourth-order valence-electron chi connectivity index (χ4n) is 1.12. The molecule has 13 heavy (non-hydrogen) atoms. The number of hydrogen-bond donors (Lipinski definition) is 2. The van der Waals surface area contributed by atoms with E-state index < -0.39 is 11.9 Å². The molecule has 4 N–H and O–H groups in total. The van der Waals surface area contributed by atoms with Crippen molar-refractivity contribution in [2.24, 2.45) is 16.9 Å². The number of carbonyl (C=O) groups excluding carboxylic acids is 1. The molecular formula is C9H19BN2O. The third kappa shape index (κ3) is 4.43. The summed E-state index contributed by atoms with van der Waals surface area (Å²) in [4.78, 5) is 11.3. The van der Waals surface area contributed by atoms with Crippen molar-refractivity contribution in [2.45, 2.75) is 39.1 Å². The highest BCUT2D eigenvalue weighted by Gasteiger charge is 2.24. The Balaban J connectivity index is 4.15. The molecule has 0 saturated heterocycles. The highest BCUT2D eigenvalue weighted by atomic mass is 16.1. The van der Waals surface area contributed by atoms with Gasteiger partial charge in [0.1, 0.15) is 5.78 Å². The Kier molecular flexibility index (Phi) is 4.64. The second-order valence-electron chi connectivity index (χ2n) is 4.37. The van der Waals surface area contributed by atoms with Crippen LogP contribution >= 0.6 is 0 Å². The summed E-state index contributed by atoms with van der Waals surface area (Å²) in [6, 6.07) is -0.487. The number of ketones is 1. The van der Waals surface area contributed by atoms with Crippen LogP contribution in [-0.4, -0.2) is 26.2 Å². The van der Waals surface area contributed by atoms with Crippen molar-refractivity contribution in [1.29, 1.82) is 0 Å². The zero-order valence-electron chi connectivity index (χ0n) is 8.71. The summed E-state index contributed by atoms with van der Waals surface area (Å²) in [7, 11) is 5.44. The molecule has 0 aliphatic carbocycles. The topological polar surface area (TPSA) is 69.1 Å². The van der Waals surface area contributed by atoms with E-state index in [1.807, 2.05) is 13.8 Å². The lowest BCUT2D eigenvalue weighted by atomic mass is 9.77. The zero-order valence-corrected chi connectivity index (χ0v) is 8.71. The van der Waals surface area contributed by atoms with Crippen LogP contribution < -0.4 is 11.5 Å². The van der Waals surface area contributed by atoms with Crippen molar-refractivity contribution in [3.8, 4) is 0 Å². The molecule has 2 unspecified atom stereocenters. The largest absolute Gasteiger partial charge is 0.330 e. The molecule has 2 atom stereocenters. The first-order valence-corrected chi connectivity index (χ1v) is 4.55. The van der Waals surface area contributed by atoms with Crippen LogP contribution in [0.25, 0.3) is 0 Å². The number of Topliss-reactive ketones (excluding diaryl/α,β-unsaturated/α-hetero) is 1. The van der Waals surface area contributed by atoms with E-state index in [-0.39, 0.29) is 11.2 Å². The number of rotatable bonds is 5. The first-order chi connectivity index (χ1) is 5.80. The van der Waals surface area contributed by atoms with E-state index >= 15 is 0 Å².